The molecule has 4 rings (SSSR count). The summed E-state index contributed by atoms with van der Waals surface area (Å²) in [4.78, 5) is 14.7. The number of non-ortho nitro benzene ring substituents is 1. The number of nitrogens with zero attached hydrogens (tertiary/aromatic N) is 3. The Kier molecular flexibility index (Phi) is 3.95. The van der Waals surface area contributed by atoms with E-state index in [0.717, 1.165) is 5.56 Å². The maximum absolute atomic E-state index is 11.8. The second-order valence-corrected chi connectivity index (χ2v) is 6.78. The minimum absolute atomic E-state index is 0.00469. The average molecular weight is 388 g/mol. The Hall–Kier alpha value is -2.81. The van der Waals surface area contributed by atoms with E-state index >= 15 is 0 Å². The molecule has 0 spiro atoms. The van der Waals surface area contributed by atoms with Crippen LogP contribution in [0.5, 0.6) is 0 Å². The third-order valence-electron chi connectivity index (χ3n) is 4.09. The molecule has 0 aliphatic rings. The molecule has 0 aliphatic carbocycles. The maximum Gasteiger partial charge on any atom is 0.270 e. The van der Waals surface area contributed by atoms with Crippen molar-refractivity contribution >= 4 is 50.5 Å². The third kappa shape index (κ3) is 2.64. The third-order valence-corrected chi connectivity index (χ3v) is 4.98. The lowest BCUT2D eigenvalue weighted by atomic mass is 10.0. The Morgan fingerprint density at radius 3 is 2.58 bits per heavy atom. The van der Waals surface area contributed by atoms with E-state index in [4.69, 9.17) is 11.6 Å². The van der Waals surface area contributed by atoms with Crippen LogP contribution >= 0.6 is 11.6 Å². The molecular formula is C17H10ClN3O4S. The number of nitro groups is 1. The smallest absolute Gasteiger partial charge is 0.270 e. The van der Waals surface area contributed by atoms with Crippen LogP contribution in [0.25, 0.3) is 33.1 Å². The van der Waals surface area contributed by atoms with Gasteiger partial charge in [0.1, 0.15) is 5.15 Å². The molecule has 4 aromatic rings. The molecule has 0 amide bonds. The van der Waals surface area contributed by atoms with Crippen LogP contribution in [0.3, 0.4) is 0 Å². The van der Waals surface area contributed by atoms with Crippen LogP contribution in [-0.2, 0) is 11.3 Å². The lowest BCUT2D eigenvalue weighted by Crippen LogP contribution is -2.02. The molecule has 0 aliphatic heterocycles. The summed E-state index contributed by atoms with van der Waals surface area (Å²) in [5.41, 5.74) is 2.23. The summed E-state index contributed by atoms with van der Waals surface area (Å²) in [6, 6.07) is 14.9. The summed E-state index contributed by atoms with van der Waals surface area (Å²) in [5, 5.41) is 12.6. The number of benzene rings is 2. The predicted octanol–water partition coefficient (Wildman–Crippen LogP) is 4.40. The molecule has 2 heterocycles. The van der Waals surface area contributed by atoms with Crippen LogP contribution in [-0.4, -0.2) is 22.6 Å². The SMILES string of the molecule is O=[N+]([O-])c1cccc(-c2ccc3c(c2)c2ccc(Cl)nc2n3S(=O)O)c1. The van der Waals surface area contributed by atoms with Gasteiger partial charge in [-0.3, -0.25) is 14.7 Å². The monoisotopic (exact) mass is 387 g/mol. The molecule has 0 radical (unpaired) electrons. The molecule has 26 heavy (non-hydrogen) atoms. The van der Waals surface area contributed by atoms with Gasteiger partial charge >= 0.3 is 0 Å². The van der Waals surface area contributed by atoms with Gasteiger partial charge < -0.3 is 0 Å². The van der Waals surface area contributed by atoms with Gasteiger partial charge in [0.2, 0.25) is 0 Å². The van der Waals surface area contributed by atoms with Crippen molar-refractivity contribution < 1.29 is 13.7 Å². The first-order valence-corrected chi connectivity index (χ1v) is 8.87. The first-order chi connectivity index (χ1) is 12.5. The fraction of sp³-hybridized carbons (Fsp3) is 0. The summed E-state index contributed by atoms with van der Waals surface area (Å²) in [7, 11) is 0. The zero-order valence-electron chi connectivity index (χ0n) is 13.0. The van der Waals surface area contributed by atoms with E-state index in [1.807, 2.05) is 6.07 Å². The van der Waals surface area contributed by atoms with Crippen LogP contribution in [0.2, 0.25) is 5.15 Å². The van der Waals surface area contributed by atoms with Gasteiger partial charge in [0.05, 0.1) is 10.4 Å². The molecule has 0 bridgehead atoms. The molecule has 130 valence electrons. The first kappa shape index (κ1) is 16.6. The van der Waals surface area contributed by atoms with Crippen molar-refractivity contribution in [1.29, 1.82) is 0 Å². The van der Waals surface area contributed by atoms with Crippen LogP contribution in [0, 0.1) is 10.1 Å². The van der Waals surface area contributed by atoms with Crippen LogP contribution < -0.4 is 0 Å². The van der Waals surface area contributed by atoms with Crippen LogP contribution in [0.15, 0.2) is 54.6 Å². The molecular weight excluding hydrogens is 378 g/mol. The number of fused-ring (bicyclic) bond motifs is 3. The number of hydrogen-bond donors (Lipinski definition) is 1. The van der Waals surface area contributed by atoms with E-state index in [-0.39, 0.29) is 10.8 Å². The molecule has 0 saturated carbocycles. The van der Waals surface area contributed by atoms with E-state index < -0.39 is 16.2 Å². The van der Waals surface area contributed by atoms with Gasteiger partial charge in [-0.05, 0) is 35.4 Å². The van der Waals surface area contributed by atoms with Crippen molar-refractivity contribution in [3.05, 3.63) is 69.9 Å². The number of hydrogen-bond acceptors (Lipinski definition) is 4. The second-order valence-electron chi connectivity index (χ2n) is 5.57. The molecule has 2 aromatic carbocycles. The molecule has 1 N–H and O–H groups in total. The fourth-order valence-corrected chi connectivity index (χ4v) is 3.73. The van der Waals surface area contributed by atoms with Crippen molar-refractivity contribution in [2.75, 3.05) is 0 Å². The topological polar surface area (TPSA) is 98.3 Å². The second kappa shape index (κ2) is 6.17. The van der Waals surface area contributed by atoms with Crippen molar-refractivity contribution in [2.24, 2.45) is 0 Å². The van der Waals surface area contributed by atoms with E-state index in [2.05, 4.69) is 4.98 Å². The fourth-order valence-electron chi connectivity index (χ4n) is 2.97. The molecule has 9 heteroatoms. The van der Waals surface area contributed by atoms with Crippen molar-refractivity contribution in [2.45, 2.75) is 0 Å². The summed E-state index contributed by atoms with van der Waals surface area (Å²) in [6.45, 7) is 0. The van der Waals surface area contributed by atoms with Crippen LogP contribution in [0.1, 0.15) is 0 Å². The molecule has 7 nitrogen and oxygen atoms in total. The Bertz CT molecular complexity index is 1220. The standard InChI is InChI=1S/C17H10ClN3O4S/c18-16-7-5-13-14-9-11(10-2-1-3-12(8-10)21(22)23)4-6-15(14)20(26(24)25)17(13)19-16/h1-9H,(H,24,25). The summed E-state index contributed by atoms with van der Waals surface area (Å²) >= 11 is 3.62. The molecule has 0 fully saturated rings. The Balaban J connectivity index is 2.01. The minimum atomic E-state index is -2.31. The zero-order valence-corrected chi connectivity index (χ0v) is 14.6. The lowest BCUT2D eigenvalue weighted by Gasteiger charge is -2.03. The predicted molar refractivity (Wildman–Crippen MR) is 101 cm³/mol. The number of halogens is 1. The van der Waals surface area contributed by atoms with Crippen molar-refractivity contribution in [3.63, 3.8) is 0 Å². The molecule has 0 saturated heterocycles. The quantitative estimate of drug-likeness (QED) is 0.243. The Labute approximate surface area is 154 Å². The maximum atomic E-state index is 11.8. The average Bonchev–Trinajstić information content (AvgIpc) is 2.94. The number of rotatable bonds is 3. The van der Waals surface area contributed by atoms with Gasteiger partial charge in [-0.15, -0.1) is 0 Å². The van der Waals surface area contributed by atoms with Gasteiger partial charge in [0, 0.05) is 22.9 Å². The highest BCUT2D eigenvalue weighted by atomic mass is 35.5. The minimum Gasteiger partial charge on any atom is -0.289 e. The Morgan fingerprint density at radius 2 is 1.85 bits per heavy atom. The summed E-state index contributed by atoms with van der Waals surface area (Å²) in [5.74, 6) is 0. The summed E-state index contributed by atoms with van der Waals surface area (Å²) in [6.07, 6.45) is 0. The van der Waals surface area contributed by atoms with Gasteiger partial charge in [-0.2, -0.15) is 0 Å². The first-order valence-electron chi connectivity index (χ1n) is 7.42. The van der Waals surface area contributed by atoms with E-state index in [0.29, 0.717) is 27.5 Å². The zero-order chi connectivity index (χ0) is 18.4. The van der Waals surface area contributed by atoms with Crippen molar-refractivity contribution in [1.82, 2.24) is 8.96 Å². The molecule has 1 unspecified atom stereocenters. The normalized spacial score (nSPS) is 12.5. The lowest BCUT2D eigenvalue weighted by molar-refractivity contribution is -0.384. The summed E-state index contributed by atoms with van der Waals surface area (Å²) < 4.78 is 22.6. The Morgan fingerprint density at radius 1 is 1.08 bits per heavy atom. The largest absolute Gasteiger partial charge is 0.289 e. The van der Waals surface area contributed by atoms with Gasteiger partial charge in [0.25, 0.3) is 17.0 Å². The number of nitro benzene ring substituents is 1. The molecule has 1 atom stereocenters. The number of pyridine rings is 1. The van der Waals surface area contributed by atoms with Gasteiger partial charge in [-0.25, -0.2) is 13.2 Å². The van der Waals surface area contributed by atoms with Crippen LogP contribution in [0.4, 0.5) is 5.69 Å². The van der Waals surface area contributed by atoms with Crippen molar-refractivity contribution in [3.8, 4) is 11.1 Å². The van der Waals surface area contributed by atoms with E-state index in [9.17, 15) is 18.9 Å². The highest BCUT2D eigenvalue weighted by Gasteiger charge is 2.17. The van der Waals surface area contributed by atoms with E-state index in [1.165, 1.54) is 16.1 Å². The highest BCUT2D eigenvalue weighted by molar-refractivity contribution is 7.78. The van der Waals surface area contributed by atoms with E-state index in [1.54, 1.807) is 36.4 Å². The molecule has 2 aromatic heterocycles. The highest BCUT2D eigenvalue weighted by Crippen LogP contribution is 2.33. The van der Waals surface area contributed by atoms with Gasteiger partial charge in [-0.1, -0.05) is 29.8 Å². The number of aromatic nitrogens is 2. The van der Waals surface area contributed by atoms with Gasteiger partial charge in [0.15, 0.2) is 5.65 Å².